The van der Waals surface area contributed by atoms with Crippen molar-refractivity contribution >= 4 is 12.6 Å². The number of nitrogens with zero attached hydrogens (tertiary/aromatic N) is 1. The van der Waals surface area contributed by atoms with Gasteiger partial charge in [0.1, 0.15) is 0 Å². The van der Waals surface area contributed by atoms with Crippen molar-refractivity contribution in [3.8, 4) is 0 Å². The summed E-state index contributed by atoms with van der Waals surface area (Å²) in [5, 5.41) is 3.72. The van der Waals surface area contributed by atoms with Crippen molar-refractivity contribution in [1.82, 2.24) is 10.2 Å². The van der Waals surface area contributed by atoms with E-state index in [0.29, 0.717) is 5.37 Å². The fourth-order valence-corrected chi connectivity index (χ4v) is 1.29. The summed E-state index contributed by atoms with van der Waals surface area (Å²) in [6.45, 7) is 6.64. The lowest BCUT2D eigenvalue weighted by Gasteiger charge is -2.29. The monoisotopic (exact) mass is 146 g/mol. The molecule has 1 aliphatic heterocycles. The van der Waals surface area contributed by atoms with Crippen LogP contribution in [0.15, 0.2) is 0 Å². The standard InChI is InChI=1S/C6H14N2S/c1-6(9)8-4-2-7-3-5-8/h6-7,9H,2-5H2,1H3/t6-/m1/s1. The lowest BCUT2D eigenvalue weighted by Crippen LogP contribution is -2.45. The van der Waals surface area contributed by atoms with Crippen molar-refractivity contribution < 1.29 is 0 Å². The Bertz CT molecular complexity index is 79.1. The SMILES string of the molecule is C[C@@H](S)N1CCNCC1. The minimum Gasteiger partial charge on any atom is -0.314 e. The number of rotatable bonds is 1. The molecule has 0 aromatic heterocycles. The van der Waals surface area contributed by atoms with Crippen LogP contribution in [0, 0.1) is 0 Å². The van der Waals surface area contributed by atoms with E-state index in [1.54, 1.807) is 0 Å². The molecule has 1 fully saturated rings. The van der Waals surface area contributed by atoms with Gasteiger partial charge < -0.3 is 5.32 Å². The molecule has 1 heterocycles. The van der Waals surface area contributed by atoms with Crippen molar-refractivity contribution in [2.24, 2.45) is 0 Å². The molecular weight excluding hydrogens is 132 g/mol. The molecule has 54 valence electrons. The number of piperazine rings is 1. The molecule has 0 aliphatic carbocycles. The second-order valence-electron chi connectivity index (χ2n) is 2.42. The maximum Gasteiger partial charge on any atom is 0.0500 e. The van der Waals surface area contributed by atoms with E-state index in [-0.39, 0.29) is 0 Å². The molecule has 0 amide bonds. The van der Waals surface area contributed by atoms with Crippen LogP contribution in [0.25, 0.3) is 0 Å². The highest BCUT2D eigenvalue weighted by Crippen LogP contribution is 2.02. The summed E-state index contributed by atoms with van der Waals surface area (Å²) in [7, 11) is 0. The van der Waals surface area contributed by atoms with Gasteiger partial charge in [0.05, 0.1) is 0 Å². The molecule has 1 rings (SSSR count). The van der Waals surface area contributed by atoms with Crippen LogP contribution in [0.5, 0.6) is 0 Å². The van der Waals surface area contributed by atoms with E-state index >= 15 is 0 Å². The largest absolute Gasteiger partial charge is 0.314 e. The molecule has 1 aliphatic rings. The van der Waals surface area contributed by atoms with Crippen LogP contribution in [-0.2, 0) is 0 Å². The van der Waals surface area contributed by atoms with Crippen molar-refractivity contribution in [2.45, 2.75) is 12.3 Å². The summed E-state index contributed by atoms with van der Waals surface area (Å²) >= 11 is 4.34. The fraction of sp³-hybridized carbons (Fsp3) is 1.00. The van der Waals surface area contributed by atoms with Crippen LogP contribution in [-0.4, -0.2) is 36.5 Å². The normalized spacial score (nSPS) is 26.0. The van der Waals surface area contributed by atoms with Crippen molar-refractivity contribution in [2.75, 3.05) is 26.2 Å². The van der Waals surface area contributed by atoms with Crippen LogP contribution in [0.1, 0.15) is 6.92 Å². The van der Waals surface area contributed by atoms with Gasteiger partial charge in [0.2, 0.25) is 0 Å². The third-order valence-electron chi connectivity index (χ3n) is 1.68. The molecule has 1 atom stereocenters. The predicted molar refractivity (Wildman–Crippen MR) is 42.9 cm³/mol. The minimum absolute atomic E-state index is 0.423. The van der Waals surface area contributed by atoms with E-state index in [9.17, 15) is 0 Å². The van der Waals surface area contributed by atoms with E-state index in [4.69, 9.17) is 0 Å². The van der Waals surface area contributed by atoms with Gasteiger partial charge in [-0.2, -0.15) is 12.6 Å². The highest BCUT2D eigenvalue weighted by molar-refractivity contribution is 7.80. The maximum absolute atomic E-state index is 4.34. The van der Waals surface area contributed by atoms with Gasteiger partial charge >= 0.3 is 0 Å². The van der Waals surface area contributed by atoms with Crippen LogP contribution in [0.2, 0.25) is 0 Å². The third-order valence-corrected chi connectivity index (χ3v) is 2.01. The van der Waals surface area contributed by atoms with Crippen molar-refractivity contribution in [3.05, 3.63) is 0 Å². The van der Waals surface area contributed by atoms with E-state index in [1.807, 2.05) is 0 Å². The van der Waals surface area contributed by atoms with E-state index in [2.05, 4.69) is 29.8 Å². The summed E-state index contributed by atoms with van der Waals surface area (Å²) in [5.41, 5.74) is 0. The Morgan fingerprint density at radius 1 is 1.44 bits per heavy atom. The topological polar surface area (TPSA) is 15.3 Å². The molecule has 0 aromatic carbocycles. The Hall–Kier alpha value is 0.270. The Labute approximate surface area is 62.0 Å². The second-order valence-corrected chi connectivity index (χ2v) is 3.17. The molecule has 3 heteroatoms. The lowest BCUT2D eigenvalue weighted by molar-refractivity contribution is 0.236. The lowest BCUT2D eigenvalue weighted by atomic mass is 10.4. The number of hydrogen-bond acceptors (Lipinski definition) is 3. The second kappa shape index (κ2) is 3.44. The first kappa shape index (κ1) is 7.38. The molecular formula is C6H14N2S. The molecule has 1 saturated heterocycles. The van der Waals surface area contributed by atoms with Crippen LogP contribution < -0.4 is 5.32 Å². The fourth-order valence-electron chi connectivity index (χ4n) is 1.06. The van der Waals surface area contributed by atoms with E-state index in [0.717, 1.165) is 26.2 Å². The van der Waals surface area contributed by atoms with E-state index < -0.39 is 0 Å². The summed E-state index contributed by atoms with van der Waals surface area (Å²) in [5.74, 6) is 0. The molecule has 9 heavy (non-hydrogen) atoms. The highest BCUT2D eigenvalue weighted by Gasteiger charge is 2.11. The Kier molecular flexibility index (Phi) is 2.82. The molecule has 0 spiro atoms. The first-order chi connectivity index (χ1) is 4.30. The number of nitrogens with one attached hydrogen (secondary N) is 1. The number of thiol groups is 1. The third kappa shape index (κ3) is 2.16. The Morgan fingerprint density at radius 3 is 2.33 bits per heavy atom. The van der Waals surface area contributed by atoms with Crippen LogP contribution >= 0.6 is 12.6 Å². The smallest absolute Gasteiger partial charge is 0.0500 e. The summed E-state index contributed by atoms with van der Waals surface area (Å²) < 4.78 is 0. The first-order valence-corrected chi connectivity index (χ1v) is 3.95. The summed E-state index contributed by atoms with van der Waals surface area (Å²) in [6.07, 6.45) is 0. The highest BCUT2D eigenvalue weighted by atomic mass is 32.1. The van der Waals surface area contributed by atoms with Crippen molar-refractivity contribution in [1.29, 1.82) is 0 Å². The van der Waals surface area contributed by atoms with Gasteiger partial charge in [0.15, 0.2) is 0 Å². The van der Waals surface area contributed by atoms with Crippen molar-refractivity contribution in [3.63, 3.8) is 0 Å². The van der Waals surface area contributed by atoms with Gasteiger partial charge in [-0.05, 0) is 6.92 Å². The molecule has 0 bridgehead atoms. The maximum atomic E-state index is 4.34. The zero-order valence-corrected chi connectivity index (χ0v) is 6.69. The van der Waals surface area contributed by atoms with Gasteiger partial charge in [-0.3, -0.25) is 4.90 Å². The van der Waals surface area contributed by atoms with Gasteiger partial charge in [-0.25, -0.2) is 0 Å². The molecule has 0 unspecified atom stereocenters. The molecule has 0 aromatic rings. The van der Waals surface area contributed by atoms with Gasteiger partial charge in [-0.15, -0.1) is 0 Å². The average Bonchev–Trinajstić information content (AvgIpc) is 1.90. The quantitative estimate of drug-likeness (QED) is 0.513. The van der Waals surface area contributed by atoms with Crippen LogP contribution in [0.4, 0.5) is 0 Å². The Morgan fingerprint density at radius 2 is 2.00 bits per heavy atom. The van der Waals surface area contributed by atoms with E-state index in [1.165, 1.54) is 0 Å². The zero-order chi connectivity index (χ0) is 6.69. The molecule has 2 nitrogen and oxygen atoms in total. The van der Waals surface area contributed by atoms with Crippen LogP contribution in [0.3, 0.4) is 0 Å². The minimum atomic E-state index is 0.423. The Balaban J connectivity index is 2.23. The number of hydrogen-bond donors (Lipinski definition) is 2. The summed E-state index contributed by atoms with van der Waals surface area (Å²) in [4.78, 5) is 2.36. The predicted octanol–water partition coefficient (Wildman–Crippen LogP) is 0.167. The van der Waals surface area contributed by atoms with Gasteiger partial charge in [0.25, 0.3) is 0 Å². The molecule has 0 radical (unpaired) electrons. The molecule has 0 saturated carbocycles. The van der Waals surface area contributed by atoms with Gasteiger partial charge in [-0.1, -0.05) is 0 Å². The average molecular weight is 146 g/mol. The summed E-state index contributed by atoms with van der Waals surface area (Å²) in [6, 6.07) is 0. The van der Waals surface area contributed by atoms with Gasteiger partial charge in [0, 0.05) is 31.6 Å². The molecule has 1 N–H and O–H groups in total. The zero-order valence-electron chi connectivity index (χ0n) is 5.80. The first-order valence-electron chi connectivity index (χ1n) is 3.43.